The second-order valence-corrected chi connectivity index (χ2v) is 13.3. The SMILES string of the molecule is Cc1ccc2c(c1)C1CC3C=CC=CC3C1N2CCSC1C2C=CC=CC2C2C1c1ccccc1N2C. The first-order chi connectivity index (χ1) is 18.2. The van der Waals surface area contributed by atoms with Gasteiger partial charge in [-0.2, -0.15) is 11.8 Å². The summed E-state index contributed by atoms with van der Waals surface area (Å²) in [5.74, 6) is 5.05. The molecule has 9 atom stereocenters. The van der Waals surface area contributed by atoms with Gasteiger partial charge in [-0.05, 0) is 48.4 Å². The van der Waals surface area contributed by atoms with Gasteiger partial charge in [-0.15, -0.1) is 0 Å². The predicted octanol–water partition coefficient (Wildman–Crippen LogP) is 7.11. The number of anilines is 2. The topological polar surface area (TPSA) is 6.48 Å². The number of nitrogens with zero attached hydrogens (tertiary/aromatic N) is 2. The predicted molar refractivity (Wildman–Crippen MR) is 158 cm³/mol. The number of rotatable bonds is 4. The molecule has 0 bridgehead atoms. The maximum absolute atomic E-state index is 2.82. The Morgan fingerprint density at radius 1 is 0.811 bits per heavy atom. The molecule has 9 unspecified atom stereocenters. The Kier molecular flexibility index (Phi) is 5.09. The van der Waals surface area contributed by atoms with Gasteiger partial charge in [0, 0.05) is 71.7 Å². The molecule has 2 aliphatic heterocycles. The Labute approximate surface area is 225 Å². The first-order valence-corrected chi connectivity index (χ1v) is 15.3. The van der Waals surface area contributed by atoms with Gasteiger partial charge in [-0.3, -0.25) is 0 Å². The van der Waals surface area contributed by atoms with Crippen LogP contribution < -0.4 is 9.80 Å². The van der Waals surface area contributed by atoms with Crippen LogP contribution in [0.25, 0.3) is 0 Å². The molecule has 0 aromatic heterocycles. The first kappa shape index (κ1) is 22.3. The summed E-state index contributed by atoms with van der Waals surface area (Å²) < 4.78 is 0. The number of hydrogen-bond acceptors (Lipinski definition) is 3. The van der Waals surface area contributed by atoms with E-state index >= 15 is 0 Å². The number of aryl methyl sites for hydroxylation is 1. The zero-order chi connectivity index (χ0) is 24.7. The van der Waals surface area contributed by atoms with E-state index in [4.69, 9.17) is 0 Å². The fourth-order valence-corrected chi connectivity index (χ4v) is 10.6. The Hall–Kier alpha value is -2.65. The van der Waals surface area contributed by atoms with Gasteiger partial charge >= 0.3 is 0 Å². The van der Waals surface area contributed by atoms with E-state index < -0.39 is 0 Å². The average molecular weight is 505 g/mol. The molecule has 37 heavy (non-hydrogen) atoms. The summed E-state index contributed by atoms with van der Waals surface area (Å²) in [6.07, 6.45) is 20.4. The third-order valence-electron chi connectivity index (χ3n) is 10.4. The van der Waals surface area contributed by atoms with E-state index in [0.29, 0.717) is 52.8 Å². The molecule has 0 amide bonds. The molecule has 0 saturated heterocycles. The van der Waals surface area contributed by atoms with Gasteiger partial charge in [0.2, 0.25) is 0 Å². The van der Waals surface area contributed by atoms with E-state index in [-0.39, 0.29) is 0 Å². The zero-order valence-corrected chi connectivity index (χ0v) is 22.6. The van der Waals surface area contributed by atoms with Crippen LogP contribution >= 0.6 is 11.8 Å². The molecular weight excluding hydrogens is 468 g/mol. The maximum Gasteiger partial charge on any atom is 0.0435 e. The van der Waals surface area contributed by atoms with Crippen LogP contribution in [0.15, 0.2) is 91.1 Å². The van der Waals surface area contributed by atoms with E-state index in [0.717, 1.165) is 6.54 Å². The van der Waals surface area contributed by atoms with E-state index in [1.165, 1.54) is 29.1 Å². The van der Waals surface area contributed by atoms with Gasteiger partial charge in [0.1, 0.15) is 0 Å². The first-order valence-electron chi connectivity index (χ1n) is 14.2. The van der Waals surface area contributed by atoms with E-state index in [9.17, 15) is 0 Å². The second-order valence-electron chi connectivity index (χ2n) is 12.0. The van der Waals surface area contributed by atoms with E-state index in [1.54, 1.807) is 11.1 Å². The second kappa shape index (κ2) is 8.43. The van der Waals surface area contributed by atoms with Crippen molar-refractivity contribution in [2.75, 3.05) is 29.1 Å². The van der Waals surface area contributed by atoms with Crippen LogP contribution in [0.1, 0.15) is 34.9 Å². The van der Waals surface area contributed by atoms with Crippen LogP contribution in [0.5, 0.6) is 0 Å². The Balaban J connectivity index is 1.08. The van der Waals surface area contributed by atoms with Gasteiger partial charge < -0.3 is 9.80 Å². The van der Waals surface area contributed by atoms with Crippen LogP contribution in [0.4, 0.5) is 11.4 Å². The minimum Gasteiger partial charge on any atom is -0.370 e. The van der Waals surface area contributed by atoms with Crippen LogP contribution in [-0.4, -0.2) is 36.7 Å². The molecule has 2 fully saturated rings. The lowest BCUT2D eigenvalue weighted by molar-refractivity contribution is 0.480. The average Bonchev–Trinajstić information content (AvgIpc) is 3.63. The minimum atomic E-state index is 0.579. The number of allylic oxidation sites excluding steroid dienone is 6. The van der Waals surface area contributed by atoms with Crippen molar-refractivity contribution in [1.29, 1.82) is 0 Å². The van der Waals surface area contributed by atoms with Gasteiger partial charge in [-0.25, -0.2) is 0 Å². The third kappa shape index (κ3) is 3.19. The molecule has 0 radical (unpaired) electrons. The highest BCUT2D eigenvalue weighted by molar-refractivity contribution is 8.00. The highest BCUT2D eigenvalue weighted by atomic mass is 32.2. The zero-order valence-electron chi connectivity index (χ0n) is 21.8. The molecule has 3 heteroatoms. The Morgan fingerprint density at radius 2 is 1.59 bits per heavy atom. The Bertz CT molecular complexity index is 1350. The summed E-state index contributed by atoms with van der Waals surface area (Å²) in [4.78, 5) is 5.41. The molecule has 6 aliphatic rings. The van der Waals surface area contributed by atoms with Crippen molar-refractivity contribution >= 4 is 23.1 Å². The number of thioether (sulfide) groups is 1. The molecule has 188 valence electrons. The largest absolute Gasteiger partial charge is 0.370 e. The Morgan fingerprint density at radius 3 is 2.49 bits per heavy atom. The molecule has 2 nitrogen and oxygen atoms in total. The molecule has 2 aromatic carbocycles. The third-order valence-corrected chi connectivity index (χ3v) is 11.8. The van der Waals surface area contributed by atoms with Crippen molar-refractivity contribution in [3.05, 3.63) is 108 Å². The molecule has 2 aromatic rings. The summed E-state index contributed by atoms with van der Waals surface area (Å²) in [7, 11) is 2.33. The van der Waals surface area contributed by atoms with E-state index in [2.05, 4.69) is 127 Å². The lowest BCUT2D eigenvalue weighted by atomic mass is 9.89. The fraction of sp³-hybridized carbons (Fsp3) is 0.412. The fourth-order valence-electron chi connectivity index (χ4n) is 8.97. The van der Waals surface area contributed by atoms with Gasteiger partial charge in [0.15, 0.2) is 0 Å². The van der Waals surface area contributed by atoms with Crippen molar-refractivity contribution < 1.29 is 0 Å². The summed E-state index contributed by atoms with van der Waals surface area (Å²) in [5, 5.41) is 0.632. The normalized spacial score (nSPS) is 37.4. The summed E-state index contributed by atoms with van der Waals surface area (Å²) in [5.41, 5.74) is 7.54. The smallest absolute Gasteiger partial charge is 0.0435 e. The number of fused-ring (bicyclic) bond motifs is 10. The molecule has 2 heterocycles. The van der Waals surface area contributed by atoms with Crippen molar-refractivity contribution in [2.24, 2.45) is 23.7 Å². The van der Waals surface area contributed by atoms with Gasteiger partial charge in [0.05, 0.1) is 0 Å². The lowest BCUT2D eigenvalue weighted by Crippen LogP contribution is -2.39. The maximum atomic E-state index is 2.82. The lowest BCUT2D eigenvalue weighted by Gasteiger charge is -2.33. The number of benzene rings is 2. The highest BCUT2D eigenvalue weighted by Crippen LogP contribution is 2.59. The van der Waals surface area contributed by atoms with Gasteiger partial charge in [0.25, 0.3) is 0 Å². The molecular formula is C34H36N2S. The summed E-state index contributed by atoms with van der Waals surface area (Å²) >= 11 is 2.25. The quantitative estimate of drug-likeness (QED) is 0.438. The minimum absolute atomic E-state index is 0.579. The molecule has 8 rings (SSSR count). The van der Waals surface area contributed by atoms with Crippen LogP contribution in [0, 0.1) is 30.6 Å². The van der Waals surface area contributed by atoms with Crippen molar-refractivity contribution in [3.63, 3.8) is 0 Å². The van der Waals surface area contributed by atoms with Crippen LogP contribution in [-0.2, 0) is 0 Å². The van der Waals surface area contributed by atoms with Crippen molar-refractivity contribution in [2.45, 2.75) is 42.5 Å². The monoisotopic (exact) mass is 504 g/mol. The summed E-state index contributed by atoms with van der Waals surface area (Å²) in [6.45, 7) is 3.40. The molecule has 0 N–H and O–H groups in total. The molecule has 0 spiro atoms. The highest BCUT2D eigenvalue weighted by Gasteiger charge is 2.55. The number of para-hydroxylation sites is 1. The van der Waals surface area contributed by atoms with Gasteiger partial charge in [-0.1, -0.05) is 84.5 Å². The van der Waals surface area contributed by atoms with Crippen LogP contribution in [0.3, 0.4) is 0 Å². The molecule has 2 saturated carbocycles. The number of hydrogen-bond donors (Lipinski definition) is 0. The van der Waals surface area contributed by atoms with Crippen molar-refractivity contribution in [3.8, 4) is 0 Å². The van der Waals surface area contributed by atoms with E-state index in [1.807, 2.05) is 0 Å². The standard InChI is InChI=1S/C34H36N2S/c1-21-15-16-30-27(19-21)28-20-22-9-3-4-10-23(22)32(28)36(30)17-18-37-34-25-12-6-5-11-24(25)33-31(34)26-13-7-8-14-29(26)35(33)2/h3-16,19,22-25,28,31-34H,17-18,20H2,1-2H3. The summed E-state index contributed by atoms with van der Waals surface area (Å²) in [6, 6.07) is 17.6. The van der Waals surface area contributed by atoms with Crippen molar-refractivity contribution in [1.82, 2.24) is 0 Å². The van der Waals surface area contributed by atoms with Crippen LogP contribution in [0.2, 0.25) is 0 Å². The molecule has 4 aliphatic carbocycles. The number of likely N-dealkylation sites (N-methyl/N-ethyl adjacent to an activating group) is 1.